The number of fused-ring (bicyclic) bond motifs is 1. The summed E-state index contributed by atoms with van der Waals surface area (Å²) in [5.41, 5.74) is 5.39. The minimum absolute atomic E-state index is 0.205. The summed E-state index contributed by atoms with van der Waals surface area (Å²) >= 11 is 0. The van der Waals surface area contributed by atoms with Gasteiger partial charge in [-0.1, -0.05) is 18.2 Å². The van der Waals surface area contributed by atoms with Gasteiger partial charge in [-0.2, -0.15) is 0 Å². The van der Waals surface area contributed by atoms with Crippen LogP contribution in [0.1, 0.15) is 5.56 Å². The van der Waals surface area contributed by atoms with Gasteiger partial charge in [0, 0.05) is 5.56 Å². The predicted molar refractivity (Wildman–Crippen MR) is 82.4 cm³/mol. The van der Waals surface area contributed by atoms with E-state index in [9.17, 15) is 4.79 Å². The Morgan fingerprint density at radius 1 is 1.05 bits per heavy atom. The van der Waals surface area contributed by atoms with Crippen molar-refractivity contribution in [3.05, 3.63) is 58.8 Å². The molecule has 4 aromatic rings. The lowest BCUT2D eigenvalue weighted by Crippen LogP contribution is -1.99. The van der Waals surface area contributed by atoms with E-state index in [0.717, 1.165) is 33.3 Å². The molecule has 2 aromatic heterocycles. The Hall–Kier alpha value is -3.15. The Labute approximate surface area is 124 Å². The number of aromatic nitrogens is 4. The summed E-state index contributed by atoms with van der Waals surface area (Å²) in [5, 5.41) is 7.69. The Morgan fingerprint density at radius 2 is 1.86 bits per heavy atom. The summed E-state index contributed by atoms with van der Waals surface area (Å²) < 4.78 is 5.29. The highest BCUT2D eigenvalue weighted by molar-refractivity contribution is 5.84. The minimum atomic E-state index is -0.205. The van der Waals surface area contributed by atoms with Crippen molar-refractivity contribution >= 4 is 11.0 Å². The molecule has 0 radical (unpaired) electrons. The number of nitrogens with zero attached hydrogens (tertiary/aromatic N) is 2. The Balaban J connectivity index is 1.91. The summed E-state index contributed by atoms with van der Waals surface area (Å²) in [6.45, 7) is 2.01. The molecule has 0 unspecified atom stereocenters. The van der Waals surface area contributed by atoms with Gasteiger partial charge < -0.3 is 14.4 Å². The van der Waals surface area contributed by atoms with E-state index in [2.05, 4.69) is 20.2 Å². The van der Waals surface area contributed by atoms with Crippen LogP contribution in [-0.4, -0.2) is 20.2 Å². The summed E-state index contributed by atoms with van der Waals surface area (Å²) in [6, 6.07) is 11.7. The standard InChI is InChI=1S/C16H12N4O2/c1-9-11(3-2-4-12(9)15-20-17-8-22-15)10-5-6-13-14(7-10)19-16(21)18-13/h2-8H,1H3,(H2,18,19,21). The van der Waals surface area contributed by atoms with Crippen LogP contribution in [0.3, 0.4) is 0 Å². The summed E-state index contributed by atoms with van der Waals surface area (Å²) in [4.78, 5) is 16.9. The third-order valence-corrected chi connectivity index (χ3v) is 3.75. The zero-order valence-electron chi connectivity index (χ0n) is 11.8. The molecule has 0 aliphatic heterocycles. The van der Waals surface area contributed by atoms with Gasteiger partial charge in [-0.25, -0.2) is 4.79 Å². The lowest BCUT2D eigenvalue weighted by molar-refractivity contribution is 0.568. The number of hydrogen-bond acceptors (Lipinski definition) is 4. The molecule has 2 heterocycles. The van der Waals surface area contributed by atoms with Gasteiger partial charge in [0.2, 0.25) is 12.3 Å². The first-order chi connectivity index (χ1) is 10.7. The van der Waals surface area contributed by atoms with Crippen molar-refractivity contribution in [3.8, 4) is 22.6 Å². The van der Waals surface area contributed by atoms with Gasteiger partial charge >= 0.3 is 5.69 Å². The van der Waals surface area contributed by atoms with Gasteiger partial charge in [-0.3, -0.25) is 0 Å². The SMILES string of the molecule is Cc1c(-c2ccc3[nH]c(=O)[nH]c3c2)cccc1-c1nnco1. The third-order valence-electron chi connectivity index (χ3n) is 3.75. The van der Waals surface area contributed by atoms with Crippen molar-refractivity contribution < 1.29 is 4.42 Å². The molecule has 0 bridgehead atoms. The molecular weight excluding hydrogens is 280 g/mol. The zero-order valence-corrected chi connectivity index (χ0v) is 11.8. The molecule has 6 nitrogen and oxygen atoms in total. The highest BCUT2D eigenvalue weighted by Gasteiger charge is 2.12. The molecular formula is C16H12N4O2. The molecule has 22 heavy (non-hydrogen) atoms. The molecule has 0 aliphatic carbocycles. The van der Waals surface area contributed by atoms with Crippen molar-refractivity contribution in [2.45, 2.75) is 6.92 Å². The highest BCUT2D eigenvalue weighted by Crippen LogP contribution is 2.31. The van der Waals surface area contributed by atoms with E-state index in [-0.39, 0.29) is 5.69 Å². The van der Waals surface area contributed by atoms with Crippen LogP contribution in [0.15, 0.2) is 52.0 Å². The van der Waals surface area contributed by atoms with Gasteiger partial charge in [-0.05, 0) is 41.8 Å². The molecule has 0 saturated heterocycles. The van der Waals surface area contributed by atoms with Crippen molar-refractivity contribution in [3.63, 3.8) is 0 Å². The van der Waals surface area contributed by atoms with Crippen molar-refractivity contribution in [2.24, 2.45) is 0 Å². The van der Waals surface area contributed by atoms with Crippen LogP contribution in [0.25, 0.3) is 33.6 Å². The molecule has 0 fully saturated rings. The van der Waals surface area contributed by atoms with Crippen molar-refractivity contribution in [1.82, 2.24) is 20.2 Å². The third kappa shape index (κ3) is 1.93. The number of H-pyrrole nitrogens is 2. The first-order valence-electron chi connectivity index (χ1n) is 6.81. The second-order valence-electron chi connectivity index (χ2n) is 5.06. The lowest BCUT2D eigenvalue weighted by atomic mass is 9.96. The van der Waals surface area contributed by atoms with Crippen LogP contribution in [0, 0.1) is 6.92 Å². The summed E-state index contributed by atoms with van der Waals surface area (Å²) in [7, 11) is 0. The van der Waals surface area contributed by atoms with Crippen LogP contribution in [0.5, 0.6) is 0 Å². The van der Waals surface area contributed by atoms with E-state index < -0.39 is 0 Å². The molecule has 0 spiro atoms. The Kier molecular flexibility index (Phi) is 2.69. The first kappa shape index (κ1) is 12.6. The summed E-state index contributed by atoms with van der Waals surface area (Å²) in [5.74, 6) is 0.496. The largest absolute Gasteiger partial charge is 0.423 e. The number of benzene rings is 2. The van der Waals surface area contributed by atoms with Crippen LogP contribution in [-0.2, 0) is 0 Å². The van der Waals surface area contributed by atoms with E-state index in [1.54, 1.807) is 0 Å². The minimum Gasteiger partial charge on any atom is -0.423 e. The number of nitrogens with one attached hydrogen (secondary N) is 2. The first-order valence-corrected chi connectivity index (χ1v) is 6.81. The lowest BCUT2D eigenvalue weighted by Gasteiger charge is -2.09. The quantitative estimate of drug-likeness (QED) is 0.594. The molecule has 6 heteroatoms. The predicted octanol–water partition coefficient (Wildman–Crippen LogP) is 2.88. The van der Waals surface area contributed by atoms with E-state index in [1.165, 1.54) is 6.39 Å². The average Bonchev–Trinajstić information content (AvgIpc) is 3.15. The Bertz CT molecular complexity index is 1010. The number of aromatic amines is 2. The van der Waals surface area contributed by atoms with Crippen molar-refractivity contribution in [1.29, 1.82) is 0 Å². The number of imidazole rings is 1. The molecule has 0 saturated carbocycles. The maximum absolute atomic E-state index is 11.4. The molecule has 4 rings (SSSR count). The van der Waals surface area contributed by atoms with E-state index >= 15 is 0 Å². The molecule has 2 N–H and O–H groups in total. The Morgan fingerprint density at radius 3 is 2.68 bits per heavy atom. The van der Waals surface area contributed by atoms with E-state index in [0.29, 0.717) is 5.89 Å². The molecule has 0 amide bonds. The van der Waals surface area contributed by atoms with Crippen LogP contribution < -0.4 is 5.69 Å². The maximum Gasteiger partial charge on any atom is 0.323 e. The van der Waals surface area contributed by atoms with Gasteiger partial charge in [0.05, 0.1) is 11.0 Å². The summed E-state index contributed by atoms with van der Waals surface area (Å²) in [6.07, 6.45) is 1.32. The monoisotopic (exact) mass is 292 g/mol. The number of rotatable bonds is 2. The fourth-order valence-corrected chi connectivity index (χ4v) is 2.67. The molecule has 0 atom stereocenters. The molecule has 0 aliphatic rings. The topological polar surface area (TPSA) is 87.6 Å². The fraction of sp³-hybridized carbons (Fsp3) is 0.0625. The van der Waals surface area contributed by atoms with E-state index in [4.69, 9.17) is 4.42 Å². The second-order valence-corrected chi connectivity index (χ2v) is 5.06. The number of hydrogen-bond donors (Lipinski definition) is 2. The van der Waals surface area contributed by atoms with E-state index in [1.807, 2.05) is 43.3 Å². The van der Waals surface area contributed by atoms with Gasteiger partial charge in [0.15, 0.2) is 0 Å². The second kappa shape index (κ2) is 4.70. The van der Waals surface area contributed by atoms with Gasteiger partial charge in [0.1, 0.15) is 0 Å². The molecule has 2 aromatic carbocycles. The van der Waals surface area contributed by atoms with Crippen LogP contribution in [0.4, 0.5) is 0 Å². The average molecular weight is 292 g/mol. The highest BCUT2D eigenvalue weighted by atomic mass is 16.4. The molecule has 108 valence electrons. The zero-order chi connectivity index (χ0) is 15.1. The van der Waals surface area contributed by atoms with Crippen LogP contribution >= 0.6 is 0 Å². The maximum atomic E-state index is 11.4. The van der Waals surface area contributed by atoms with Gasteiger partial charge in [0.25, 0.3) is 0 Å². The van der Waals surface area contributed by atoms with Crippen molar-refractivity contribution in [2.75, 3.05) is 0 Å². The van der Waals surface area contributed by atoms with Gasteiger partial charge in [-0.15, -0.1) is 10.2 Å². The smallest absolute Gasteiger partial charge is 0.323 e. The van der Waals surface area contributed by atoms with Crippen LogP contribution in [0.2, 0.25) is 0 Å². The fourth-order valence-electron chi connectivity index (χ4n) is 2.67. The normalized spacial score (nSPS) is 11.1.